The number of hydrogen-bond acceptors (Lipinski definition) is 5. The van der Waals surface area contributed by atoms with E-state index in [1.807, 2.05) is 25.1 Å². The van der Waals surface area contributed by atoms with Gasteiger partial charge in [-0.15, -0.1) is 0 Å². The summed E-state index contributed by atoms with van der Waals surface area (Å²) in [4.78, 5) is 8.69. The Bertz CT molecular complexity index is 594. The van der Waals surface area contributed by atoms with Crippen molar-refractivity contribution in [3.63, 3.8) is 0 Å². The molecule has 1 aromatic heterocycles. The maximum atomic E-state index is 5.85. The number of aryl methyl sites for hydroxylation is 1. The first kappa shape index (κ1) is 13.6. The molecular weight excluding hydrogens is 310 g/mol. The molecule has 0 aliphatic carbocycles. The molecule has 0 aliphatic rings. The summed E-state index contributed by atoms with van der Waals surface area (Å²) in [5.74, 6) is 2.28. The van der Waals surface area contributed by atoms with Crippen LogP contribution in [0.3, 0.4) is 0 Å². The third-order valence-corrected chi connectivity index (χ3v) is 3.67. The number of nitrogen functional groups attached to an aromatic ring is 1. The van der Waals surface area contributed by atoms with Crippen molar-refractivity contribution in [3.8, 4) is 22.9 Å². The van der Waals surface area contributed by atoms with Crippen molar-refractivity contribution in [2.24, 2.45) is 0 Å². The molecule has 0 bridgehead atoms. The van der Waals surface area contributed by atoms with Crippen molar-refractivity contribution in [2.45, 2.75) is 6.92 Å². The molecule has 6 heteroatoms. The van der Waals surface area contributed by atoms with Gasteiger partial charge in [-0.1, -0.05) is 0 Å². The highest BCUT2D eigenvalue weighted by molar-refractivity contribution is 9.10. The lowest BCUT2D eigenvalue weighted by Gasteiger charge is -2.11. The Morgan fingerprint density at radius 1 is 1.16 bits per heavy atom. The van der Waals surface area contributed by atoms with Crippen molar-refractivity contribution >= 4 is 21.7 Å². The Kier molecular flexibility index (Phi) is 3.90. The predicted molar refractivity (Wildman–Crippen MR) is 77.4 cm³/mol. The van der Waals surface area contributed by atoms with E-state index in [1.165, 1.54) is 0 Å². The summed E-state index contributed by atoms with van der Waals surface area (Å²) in [5, 5.41) is 0. The molecule has 0 spiro atoms. The van der Waals surface area contributed by atoms with E-state index in [4.69, 9.17) is 15.2 Å². The van der Waals surface area contributed by atoms with Gasteiger partial charge in [0.25, 0.3) is 0 Å². The van der Waals surface area contributed by atoms with Crippen molar-refractivity contribution in [2.75, 3.05) is 20.0 Å². The number of nitrogens with zero attached hydrogens (tertiary/aromatic N) is 2. The lowest BCUT2D eigenvalue weighted by atomic mass is 10.1. The van der Waals surface area contributed by atoms with Crippen molar-refractivity contribution < 1.29 is 9.47 Å². The fourth-order valence-electron chi connectivity index (χ4n) is 1.69. The molecule has 0 aliphatic heterocycles. The molecule has 0 unspecified atom stereocenters. The average Bonchev–Trinajstić information content (AvgIpc) is 2.43. The summed E-state index contributed by atoms with van der Waals surface area (Å²) >= 11 is 3.34. The fraction of sp³-hybridized carbons (Fsp3) is 0.231. The quantitative estimate of drug-likeness (QED) is 0.940. The van der Waals surface area contributed by atoms with Gasteiger partial charge in [0.05, 0.1) is 29.9 Å². The van der Waals surface area contributed by atoms with E-state index in [2.05, 4.69) is 25.9 Å². The fourth-order valence-corrected chi connectivity index (χ4v) is 1.87. The third-order valence-electron chi connectivity index (χ3n) is 2.69. The Labute approximate surface area is 119 Å². The Hall–Kier alpha value is -1.82. The second kappa shape index (κ2) is 5.44. The van der Waals surface area contributed by atoms with Crippen LogP contribution in [0.2, 0.25) is 0 Å². The number of ether oxygens (including phenoxy) is 2. The topological polar surface area (TPSA) is 70.3 Å². The SMILES string of the molecule is COc1ccc(OC)c(-c2nc(C)c(Br)c(N)n2)c1. The first-order valence-corrected chi connectivity index (χ1v) is 6.38. The highest BCUT2D eigenvalue weighted by atomic mass is 79.9. The van der Waals surface area contributed by atoms with Gasteiger partial charge in [-0.3, -0.25) is 0 Å². The first-order valence-electron chi connectivity index (χ1n) is 5.58. The zero-order chi connectivity index (χ0) is 14.0. The van der Waals surface area contributed by atoms with Crippen LogP contribution in [0.15, 0.2) is 22.7 Å². The van der Waals surface area contributed by atoms with Crippen molar-refractivity contribution in [1.82, 2.24) is 9.97 Å². The van der Waals surface area contributed by atoms with Crippen LogP contribution < -0.4 is 15.2 Å². The van der Waals surface area contributed by atoms with E-state index in [0.29, 0.717) is 27.6 Å². The summed E-state index contributed by atoms with van der Waals surface area (Å²) in [6.45, 7) is 1.86. The number of hydrogen-bond donors (Lipinski definition) is 1. The van der Waals surface area contributed by atoms with Crippen molar-refractivity contribution in [3.05, 3.63) is 28.4 Å². The van der Waals surface area contributed by atoms with Crippen LogP contribution in [0.1, 0.15) is 5.69 Å². The summed E-state index contributed by atoms with van der Waals surface area (Å²) in [6.07, 6.45) is 0. The van der Waals surface area contributed by atoms with Gasteiger partial charge in [0.15, 0.2) is 5.82 Å². The minimum Gasteiger partial charge on any atom is -0.497 e. The van der Waals surface area contributed by atoms with Gasteiger partial charge in [0, 0.05) is 0 Å². The molecule has 0 saturated heterocycles. The van der Waals surface area contributed by atoms with Crippen LogP contribution in [-0.2, 0) is 0 Å². The number of methoxy groups -OCH3 is 2. The second-order valence-corrected chi connectivity index (χ2v) is 4.69. The molecule has 2 rings (SSSR count). The molecule has 19 heavy (non-hydrogen) atoms. The van der Waals surface area contributed by atoms with Crippen LogP contribution >= 0.6 is 15.9 Å². The Morgan fingerprint density at radius 2 is 1.89 bits per heavy atom. The summed E-state index contributed by atoms with van der Waals surface area (Å²) in [5.41, 5.74) is 7.36. The van der Waals surface area contributed by atoms with Gasteiger partial charge in [0.2, 0.25) is 0 Å². The lowest BCUT2D eigenvalue weighted by Crippen LogP contribution is -2.01. The molecule has 100 valence electrons. The first-order chi connectivity index (χ1) is 9.06. The van der Waals surface area contributed by atoms with Crippen LogP contribution in [0, 0.1) is 6.92 Å². The number of anilines is 1. The standard InChI is InChI=1S/C13H14BrN3O2/c1-7-11(14)12(15)17-13(16-7)9-6-8(18-2)4-5-10(9)19-3/h4-6H,1-3H3,(H2,15,16,17). The Morgan fingerprint density at radius 3 is 2.47 bits per heavy atom. The molecule has 0 atom stereocenters. The number of rotatable bonds is 3. The molecule has 2 N–H and O–H groups in total. The number of halogens is 1. The number of benzene rings is 1. The Balaban J connectivity index is 2.63. The van der Waals surface area contributed by atoms with Gasteiger partial charge in [-0.05, 0) is 41.1 Å². The van der Waals surface area contributed by atoms with E-state index >= 15 is 0 Å². The van der Waals surface area contributed by atoms with E-state index in [-0.39, 0.29) is 0 Å². The molecule has 0 radical (unpaired) electrons. The van der Waals surface area contributed by atoms with Crippen LogP contribution in [0.5, 0.6) is 11.5 Å². The number of aromatic nitrogens is 2. The normalized spacial score (nSPS) is 10.3. The zero-order valence-electron chi connectivity index (χ0n) is 10.9. The smallest absolute Gasteiger partial charge is 0.165 e. The average molecular weight is 324 g/mol. The van der Waals surface area contributed by atoms with Crippen LogP contribution in [0.25, 0.3) is 11.4 Å². The van der Waals surface area contributed by atoms with E-state index in [1.54, 1.807) is 14.2 Å². The van der Waals surface area contributed by atoms with E-state index in [9.17, 15) is 0 Å². The molecule has 5 nitrogen and oxygen atoms in total. The highest BCUT2D eigenvalue weighted by Gasteiger charge is 2.13. The van der Waals surface area contributed by atoms with Gasteiger partial charge in [-0.25, -0.2) is 9.97 Å². The van der Waals surface area contributed by atoms with E-state index < -0.39 is 0 Å². The maximum absolute atomic E-state index is 5.85. The second-order valence-electron chi connectivity index (χ2n) is 3.90. The van der Waals surface area contributed by atoms with Gasteiger partial charge in [0.1, 0.15) is 17.3 Å². The minimum atomic E-state index is 0.396. The molecule has 1 heterocycles. The number of nitrogens with two attached hydrogens (primary N) is 1. The molecule has 2 aromatic rings. The molecule has 0 saturated carbocycles. The summed E-state index contributed by atoms with van der Waals surface area (Å²) in [6, 6.07) is 5.45. The van der Waals surface area contributed by atoms with E-state index in [0.717, 1.165) is 11.3 Å². The molecule has 1 aromatic carbocycles. The predicted octanol–water partition coefficient (Wildman–Crippen LogP) is 2.81. The van der Waals surface area contributed by atoms with Crippen LogP contribution in [0.4, 0.5) is 5.82 Å². The molecule has 0 amide bonds. The summed E-state index contributed by atoms with van der Waals surface area (Å²) < 4.78 is 11.2. The lowest BCUT2D eigenvalue weighted by molar-refractivity contribution is 0.404. The largest absolute Gasteiger partial charge is 0.497 e. The maximum Gasteiger partial charge on any atom is 0.165 e. The van der Waals surface area contributed by atoms with Gasteiger partial charge >= 0.3 is 0 Å². The van der Waals surface area contributed by atoms with Gasteiger partial charge in [-0.2, -0.15) is 0 Å². The molecule has 0 fully saturated rings. The molecular formula is C13H14BrN3O2. The highest BCUT2D eigenvalue weighted by Crippen LogP contribution is 2.33. The van der Waals surface area contributed by atoms with Crippen LogP contribution in [-0.4, -0.2) is 24.2 Å². The monoisotopic (exact) mass is 323 g/mol. The van der Waals surface area contributed by atoms with Crippen molar-refractivity contribution in [1.29, 1.82) is 0 Å². The minimum absolute atomic E-state index is 0.396. The van der Waals surface area contributed by atoms with Gasteiger partial charge < -0.3 is 15.2 Å². The summed E-state index contributed by atoms with van der Waals surface area (Å²) in [7, 11) is 3.20. The third kappa shape index (κ3) is 2.63. The zero-order valence-corrected chi connectivity index (χ0v) is 12.5.